The number of fused-ring (bicyclic) bond motifs is 5. The fourth-order valence-electron chi connectivity index (χ4n) is 7.89. The van der Waals surface area contributed by atoms with Gasteiger partial charge in [-0.1, -0.05) is 19.4 Å². The first-order chi connectivity index (χ1) is 15.1. The topological polar surface area (TPSA) is 89.9 Å². The third-order valence-electron chi connectivity index (χ3n) is 9.30. The van der Waals surface area contributed by atoms with Gasteiger partial charge in [0.25, 0.3) is 0 Å². The first-order valence-corrected chi connectivity index (χ1v) is 13.2. The number of carbonyl (C=O) groups is 3. The quantitative estimate of drug-likeness (QED) is 0.473. The van der Waals surface area contributed by atoms with Crippen LogP contribution in [0, 0.1) is 28.6 Å². The van der Waals surface area contributed by atoms with Gasteiger partial charge >= 0.3 is 5.97 Å². The van der Waals surface area contributed by atoms with Crippen LogP contribution >= 0.6 is 11.8 Å². The van der Waals surface area contributed by atoms with Gasteiger partial charge in [-0.3, -0.25) is 14.4 Å². The van der Waals surface area contributed by atoms with Crippen molar-refractivity contribution in [2.75, 3.05) is 18.8 Å². The zero-order valence-corrected chi connectivity index (χ0v) is 20.5. The largest absolute Gasteiger partial charge is 0.458 e. The van der Waals surface area contributed by atoms with Crippen LogP contribution in [0.1, 0.15) is 65.7 Å². The van der Waals surface area contributed by atoms with Gasteiger partial charge < -0.3 is 14.6 Å². The van der Waals surface area contributed by atoms with Crippen molar-refractivity contribution in [2.24, 2.45) is 28.6 Å². The molecule has 0 radical (unpaired) electrons. The van der Waals surface area contributed by atoms with E-state index in [9.17, 15) is 19.5 Å². The molecule has 3 fully saturated rings. The average molecular weight is 465 g/mol. The monoisotopic (exact) mass is 464 g/mol. The van der Waals surface area contributed by atoms with Gasteiger partial charge in [0.2, 0.25) is 5.78 Å². The molecule has 3 saturated carbocycles. The van der Waals surface area contributed by atoms with Crippen molar-refractivity contribution in [2.45, 2.75) is 77.4 Å². The number of aliphatic hydroxyl groups is 1. The summed E-state index contributed by atoms with van der Waals surface area (Å²) in [5.41, 5.74) is -0.541. The summed E-state index contributed by atoms with van der Waals surface area (Å²) in [7, 11) is 0. The Morgan fingerprint density at radius 3 is 2.66 bits per heavy atom. The van der Waals surface area contributed by atoms with Crippen LogP contribution in [0.4, 0.5) is 0 Å². The van der Waals surface area contributed by atoms with E-state index < -0.39 is 23.1 Å². The summed E-state index contributed by atoms with van der Waals surface area (Å²) in [6.45, 7) is 5.35. The van der Waals surface area contributed by atoms with E-state index in [0.717, 1.165) is 25.7 Å². The SMILES string of the molecule is CSCO[C@]1(C(=O)COC(C)=O)CC[C@H]2[C@@H]3CCC4=CC(=O)CC[C@]4(C)[C@H]3[C@@H](O)C[C@@]21C. The number of ketones is 2. The number of hydrogen-bond acceptors (Lipinski definition) is 7. The Hall–Kier alpha value is -1.18. The predicted molar refractivity (Wildman–Crippen MR) is 122 cm³/mol. The van der Waals surface area contributed by atoms with E-state index in [-0.39, 0.29) is 41.3 Å². The second-order valence-corrected chi connectivity index (χ2v) is 11.5. The van der Waals surface area contributed by atoms with Crippen molar-refractivity contribution < 1.29 is 29.0 Å². The number of aliphatic hydroxyl groups excluding tert-OH is 1. The number of Topliss-reactive ketones (excluding diaryl/α,β-unsaturated/α-hetero) is 1. The summed E-state index contributed by atoms with van der Waals surface area (Å²) < 4.78 is 11.4. The van der Waals surface area contributed by atoms with Crippen molar-refractivity contribution in [3.8, 4) is 0 Å². The minimum absolute atomic E-state index is 0.0913. The molecule has 0 unspecified atom stereocenters. The lowest BCUT2D eigenvalue weighted by Gasteiger charge is -2.61. The molecule has 1 N–H and O–H groups in total. The number of rotatable bonds is 6. The van der Waals surface area contributed by atoms with Gasteiger partial charge in [0.05, 0.1) is 12.0 Å². The van der Waals surface area contributed by atoms with Crippen LogP contribution in [-0.2, 0) is 23.9 Å². The minimum atomic E-state index is -1.05. The molecule has 0 aromatic carbocycles. The zero-order valence-electron chi connectivity index (χ0n) is 19.6. The maximum absolute atomic E-state index is 13.5. The molecule has 32 heavy (non-hydrogen) atoms. The Bertz CT molecular complexity index is 838. The van der Waals surface area contributed by atoms with E-state index in [4.69, 9.17) is 9.47 Å². The van der Waals surface area contributed by atoms with Gasteiger partial charge in [-0.25, -0.2) is 0 Å². The van der Waals surface area contributed by atoms with Crippen LogP contribution < -0.4 is 0 Å². The molecule has 4 aliphatic rings. The first-order valence-electron chi connectivity index (χ1n) is 11.8. The highest BCUT2D eigenvalue weighted by molar-refractivity contribution is 7.98. The van der Waals surface area contributed by atoms with Crippen molar-refractivity contribution in [3.63, 3.8) is 0 Å². The Balaban J connectivity index is 1.69. The van der Waals surface area contributed by atoms with Crippen LogP contribution in [0.3, 0.4) is 0 Å². The molecular weight excluding hydrogens is 428 g/mol. The average Bonchev–Trinajstić information content (AvgIpc) is 3.03. The molecule has 0 heterocycles. The lowest BCUT2D eigenvalue weighted by molar-refractivity contribution is -0.192. The number of hydrogen-bond donors (Lipinski definition) is 1. The van der Waals surface area contributed by atoms with E-state index >= 15 is 0 Å². The highest BCUT2D eigenvalue weighted by Crippen LogP contribution is 2.68. The molecule has 7 atom stereocenters. The zero-order chi connectivity index (χ0) is 23.3. The summed E-state index contributed by atoms with van der Waals surface area (Å²) >= 11 is 1.52. The van der Waals surface area contributed by atoms with Crippen LogP contribution in [0.5, 0.6) is 0 Å². The summed E-state index contributed by atoms with van der Waals surface area (Å²) in [6.07, 6.45) is 8.26. The van der Waals surface area contributed by atoms with Gasteiger partial charge in [0, 0.05) is 18.8 Å². The van der Waals surface area contributed by atoms with Gasteiger partial charge in [-0.2, -0.15) is 0 Å². The van der Waals surface area contributed by atoms with Crippen molar-refractivity contribution in [1.82, 2.24) is 0 Å². The summed E-state index contributed by atoms with van der Waals surface area (Å²) in [5.74, 6) is 0.526. The Morgan fingerprint density at radius 1 is 1.22 bits per heavy atom. The molecule has 0 bridgehead atoms. The first kappa shape index (κ1) is 24.0. The number of carbonyl (C=O) groups excluding carboxylic acids is 3. The standard InChI is InChI=1S/C25H36O6S/c1-15(26)30-13-21(29)25(31-14-32-4)10-8-19-18-6-5-16-11-17(27)7-9-23(16,2)22(18)20(28)12-24(19,25)3/h11,18-20,22,28H,5-10,12-14H2,1-4H3/t18-,19-,20-,22+,23-,24-,25-/m0/s1. The van der Waals surface area contributed by atoms with Crippen molar-refractivity contribution in [3.05, 3.63) is 11.6 Å². The van der Waals surface area contributed by atoms with Crippen LogP contribution in [0.2, 0.25) is 0 Å². The molecule has 0 amide bonds. The van der Waals surface area contributed by atoms with Crippen LogP contribution in [0.15, 0.2) is 11.6 Å². The fourth-order valence-corrected chi connectivity index (χ4v) is 8.21. The van der Waals surface area contributed by atoms with Crippen molar-refractivity contribution in [1.29, 1.82) is 0 Å². The second kappa shape index (κ2) is 8.55. The number of allylic oxidation sites excluding steroid dienone is 1. The fraction of sp³-hybridized carbons (Fsp3) is 0.800. The molecule has 0 saturated heterocycles. The summed E-state index contributed by atoms with van der Waals surface area (Å²) in [6, 6.07) is 0. The molecule has 0 aliphatic heterocycles. The maximum atomic E-state index is 13.5. The third kappa shape index (κ3) is 3.50. The normalized spacial score (nSPS) is 43.0. The van der Waals surface area contributed by atoms with E-state index in [0.29, 0.717) is 25.2 Å². The predicted octanol–water partition coefficient (Wildman–Crippen LogP) is 3.70. The summed E-state index contributed by atoms with van der Waals surface area (Å²) in [5, 5.41) is 11.6. The van der Waals surface area contributed by atoms with Gasteiger partial charge in [0.1, 0.15) is 5.60 Å². The van der Waals surface area contributed by atoms with E-state index in [1.54, 1.807) is 0 Å². The Labute approximate surface area is 194 Å². The lowest BCUT2D eigenvalue weighted by atomic mass is 9.45. The second-order valence-electron chi connectivity index (χ2n) is 10.7. The number of ether oxygens (including phenoxy) is 2. The van der Waals surface area contributed by atoms with E-state index in [2.05, 4.69) is 13.8 Å². The van der Waals surface area contributed by atoms with Gasteiger partial charge in [0.15, 0.2) is 12.4 Å². The Kier molecular flexibility index (Phi) is 6.40. The Morgan fingerprint density at radius 2 is 1.97 bits per heavy atom. The highest BCUT2D eigenvalue weighted by atomic mass is 32.2. The van der Waals surface area contributed by atoms with E-state index in [1.165, 1.54) is 24.3 Å². The molecule has 7 heteroatoms. The molecular formula is C25H36O6S. The molecule has 0 aromatic heterocycles. The highest BCUT2D eigenvalue weighted by Gasteiger charge is 2.69. The lowest BCUT2D eigenvalue weighted by Crippen LogP contribution is -2.63. The van der Waals surface area contributed by atoms with Gasteiger partial charge in [-0.05, 0) is 74.0 Å². The number of esters is 1. The molecule has 178 valence electrons. The maximum Gasteiger partial charge on any atom is 0.303 e. The molecule has 6 nitrogen and oxygen atoms in total. The van der Waals surface area contributed by atoms with Crippen molar-refractivity contribution >= 4 is 29.3 Å². The molecule has 4 aliphatic carbocycles. The smallest absolute Gasteiger partial charge is 0.303 e. The molecule has 4 rings (SSSR count). The third-order valence-corrected chi connectivity index (χ3v) is 9.65. The molecule has 0 spiro atoms. The molecule has 0 aromatic rings. The minimum Gasteiger partial charge on any atom is -0.458 e. The number of thioether (sulfide) groups is 1. The van der Waals surface area contributed by atoms with E-state index in [1.807, 2.05) is 12.3 Å². The summed E-state index contributed by atoms with van der Waals surface area (Å²) in [4.78, 5) is 37.0. The van der Waals surface area contributed by atoms with Crippen LogP contribution in [0.25, 0.3) is 0 Å². The van der Waals surface area contributed by atoms with Gasteiger partial charge in [-0.15, -0.1) is 11.8 Å². The van der Waals surface area contributed by atoms with Crippen LogP contribution in [-0.4, -0.2) is 53.1 Å².